The molecule has 2 heterocycles. The third kappa shape index (κ3) is 1.25. The third-order valence-corrected chi connectivity index (χ3v) is 3.52. The molecule has 4 aromatic rings. The van der Waals surface area contributed by atoms with Crippen LogP contribution >= 0.6 is 0 Å². The topological polar surface area (TPSA) is 4.10 Å². The highest BCUT2D eigenvalue weighted by Gasteiger charge is 2.09. The van der Waals surface area contributed by atoms with E-state index in [1.54, 1.807) is 0 Å². The van der Waals surface area contributed by atoms with Gasteiger partial charge in [0.1, 0.15) is 0 Å². The maximum atomic E-state index is 2.20. The quantitative estimate of drug-likeness (QED) is 0.320. The molecule has 0 N–H and O–H groups in total. The van der Waals surface area contributed by atoms with E-state index < -0.39 is 0 Å². The summed E-state index contributed by atoms with van der Waals surface area (Å²) in [5.41, 5.74) is 1.26. The lowest BCUT2D eigenvalue weighted by atomic mass is 10.0. The van der Waals surface area contributed by atoms with Gasteiger partial charge in [0, 0.05) is 18.2 Å². The van der Waals surface area contributed by atoms with Crippen molar-refractivity contribution in [3.05, 3.63) is 73.1 Å². The first-order valence-electron chi connectivity index (χ1n) is 6.14. The van der Waals surface area contributed by atoms with Crippen LogP contribution in [-0.2, 0) is 0 Å². The molecule has 0 unspecified atom stereocenters. The molecule has 0 atom stereocenters. The Bertz CT molecular complexity index is 807. The average Bonchev–Trinajstić information content (AvgIpc) is 2.46. The number of hydrogen-bond donors (Lipinski definition) is 0. The molecule has 18 heavy (non-hydrogen) atoms. The number of rotatable bonds is 0. The minimum absolute atomic E-state index is 1.26. The van der Waals surface area contributed by atoms with Crippen molar-refractivity contribution in [1.29, 1.82) is 0 Å². The van der Waals surface area contributed by atoms with Crippen LogP contribution in [-0.4, -0.2) is 0 Å². The fourth-order valence-electron chi connectivity index (χ4n) is 2.67. The van der Waals surface area contributed by atoms with Gasteiger partial charge >= 0.3 is 0 Å². The highest BCUT2D eigenvalue weighted by atomic mass is 14.8. The lowest BCUT2D eigenvalue weighted by Crippen LogP contribution is -2.19. The smallest absolute Gasteiger partial charge is 0.167 e. The van der Waals surface area contributed by atoms with Crippen molar-refractivity contribution >= 4 is 27.1 Å². The molecule has 0 spiro atoms. The van der Waals surface area contributed by atoms with E-state index in [0.717, 1.165) is 0 Å². The molecule has 0 radical (unpaired) electrons. The van der Waals surface area contributed by atoms with Gasteiger partial charge in [-0.1, -0.05) is 36.4 Å². The van der Waals surface area contributed by atoms with Gasteiger partial charge in [-0.3, -0.25) is 0 Å². The average molecular weight is 230 g/mol. The maximum absolute atomic E-state index is 2.20. The summed E-state index contributed by atoms with van der Waals surface area (Å²) in [7, 11) is 0. The van der Waals surface area contributed by atoms with Gasteiger partial charge < -0.3 is 0 Å². The fourth-order valence-corrected chi connectivity index (χ4v) is 2.67. The van der Waals surface area contributed by atoms with Crippen molar-refractivity contribution in [2.24, 2.45) is 0 Å². The van der Waals surface area contributed by atoms with E-state index >= 15 is 0 Å². The molecule has 0 amide bonds. The zero-order valence-electron chi connectivity index (χ0n) is 9.88. The van der Waals surface area contributed by atoms with Gasteiger partial charge in [0.25, 0.3) is 0 Å². The van der Waals surface area contributed by atoms with Gasteiger partial charge in [0.05, 0.1) is 5.39 Å². The summed E-state index contributed by atoms with van der Waals surface area (Å²) in [6, 6.07) is 21.5. The summed E-state index contributed by atoms with van der Waals surface area (Å²) in [6.07, 6.45) is 4.21. The Morgan fingerprint density at radius 3 is 2.44 bits per heavy atom. The Morgan fingerprint density at radius 2 is 1.44 bits per heavy atom. The zero-order valence-corrected chi connectivity index (χ0v) is 9.88. The van der Waals surface area contributed by atoms with Crippen molar-refractivity contribution in [2.75, 3.05) is 0 Å². The van der Waals surface area contributed by atoms with Crippen LogP contribution in [0.25, 0.3) is 27.1 Å². The number of hydrogen-bond acceptors (Lipinski definition) is 0. The van der Waals surface area contributed by atoms with Gasteiger partial charge in [0.15, 0.2) is 12.4 Å². The van der Waals surface area contributed by atoms with Crippen molar-refractivity contribution < 1.29 is 4.40 Å². The SMILES string of the molecule is c1ccc2c(c1)ccc1cc[n+]3ccccc3c12. The van der Waals surface area contributed by atoms with E-state index in [-0.39, 0.29) is 0 Å². The van der Waals surface area contributed by atoms with E-state index in [0.29, 0.717) is 0 Å². The van der Waals surface area contributed by atoms with Crippen LogP contribution in [0.1, 0.15) is 0 Å². The van der Waals surface area contributed by atoms with Crippen molar-refractivity contribution in [3.63, 3.8) is 0 Å². The summed E-state index contributed by atoms with van der Waals surface area (Å²) >= 11 is 0. The lowest BCUT2D eigenvalue weighted by Gasteiger charge is -2.03. The molecule has 0 aliphatic carbocycles. The summed E-state index contributed by atoms with van der Waals surface area (Å²) in [5.74, 6) is 0. The van der Waals surface area contributed by atoms with Gasteiger partial charge in [-0.25, -0.2) is 0 Å². The molecular weight excluding hydrogens is 218 g/mol. The van der Waals surface area contributed by atoms with E-state index in [1.165, 1.54) is 27.1 Å². The van der Waals surface area contributed by atoms with Crippen LogP contribution in [0.5, 0.6) is 0 Å². The minimum Gasteiger partial charge on any atom is -0.167 e. The molecule has 0 aliphatic rings. The second kappa shape index (κ2) is 3.54. The highest BCUT2D eigenvalue weighted by molar-refractivity contribution is 6.13. The third-order valence-electron chi connectivity index (χ3n) is 3.52. The molecule has 1 heteroatoms. The first kappa shape index (κ1) is 9.60. The summed E-state index contributed by atoms with van der Waals surface area (Å²) in [4.78, 5) is 0. The predicted molar refractivity (Wildman–Crippen MR) is 74.6 cm³/mol. The van der Waals surface area contributed by atoms with Gasteiger partial charge in [-0.15, -0.1) is 0 Å². The Hall–Kier alpha value is -2.41. The highest BCUT2D eigenvalue weighted by Crippen LogP contribution is 2.26. The maximum Gasteiger partial charge on any atom is 0.219 e. The van der Waals surface area contributed by atoms with Crippen LogP contribution in [0.3, 0.4) is 0 Å². The van der Waals surface area contributed by atoms with Crippen molar-refractivity contribution in [1.82, 2.24) is 0 Å². The van der Waals surface area contributed by atoms with Crippen molar-refractivity contribution in [3.8, 4) is 0 Å². The fraction of sp³-hybridized carbons (Fsp3) is 0. The molecule has 0 saturated heterocycles. The Kier molecular flexibility index (Phi) is 1.89. The van der Waals surface area contributed by atoms with Crippen LogP contribution in [0.15, 0.2) is 73.1 Å². The normalized spacial score (nSPS) is 11.3. The van der Waals surface area contributed by atoms with Crippen LogP contribution in [0.2, 0.25) is 0 Å². The van der Waals surface area contributed by atoms with E-state index in [1.807, 2.05) is 0 Å². The Balaban J connectivity index is 2.38. The molecule has 0 aliphatic heterocycles. The standard InChI is InChI=1S/C17H12N/c1-2-6-15-13(5-1)8-9-14-10-12-18-11-4-3-7-16(18)17(14)15/h1-12H/q+1. The summed E-state index contributed by atoms with van der Waals surface area (Å²) < 4.78 is 2.18. The molecule has 2 aromatic carbocycles. The molecule has 0 bridgehead atoms. The Labute approximate surface area is 105 Å². The zero-order chi connectivity index (χ0) is 11.9. The lowest BCUT2D eigenvalue weighted by molar-refractivity contribution is -0.510. The van der Waals surface area contributed by atoms with Gasteiger partial charge in [0.2, 0.25) is 5.52 Å². The van der Waals surface area contributed by atoms with Gasteiger partial charge in [-0.05, 0) is 22.2 Å². The number of pyridine rings is 2. The second-order valence-corrected chi connectivity index (χ2v) is 4.56. The molecule has 0 saturated carbocycles. The van der Waals surface area contributed by atoms with E-state index in [2.05, 4.69) is 77.5 Å². The number of nitrogens with zero attached hydrogens (tertiary/aromatic N) is 1. The molecule has 4 rings (SSSR count). The summed E-state index contributed by atoms with van der Waals surface area (Å²) in [6.45, 7) is 0. The summed E-state index contributed by atoms with van der Waals surface area (Å²) in [5, 5.41) is 5.23. The number of aromatic nitrogens is 1. The molecule has 1 nitrogen and oxygen atoms in total. The van der Waals surface area contributed by atoms with E-state index in [9.17, 15) is 0 Å². The van der Waals surface area contributed by atoms with E-state index in [4.69, 9.17) is 0 Å². The monoisotopic (exact) mass is 230 g/mol. The number of benzene rings is 2. The second-order valence-electron chi connectivity index (χ2n) is 4.56. The first-order chi connectivity index (χ1) is 8.93. The predicted octanol–water partition coefficient (Wildman–Crippen LogP) is 3.73. The molecule has 84 valence electrons. The first-order valence-corrected chi connectivity index (χ1v) is 6.14. The van der Waals surface area contributed by atoms with Crippen LogP contribution in [0.4, 0.5) is 0 Å². The van der Waals surface area contributed by atoms with Gasteiger partial charge in [-0.2, -0.15) is 4.40 Å². The van der Waals surface area contributed by atoms with Crippen LogP contribution in [0, 0.1) is 0 Å². The van der Waals surface area contributed by atoms with Crippen LogP contribution < -0.4 is 4.40 Å². The molecular formula is C17H12N+. The largest absolute Gasteiger partial charge is 0.219 e. The number of fused-ring (bicyclic) bond motifs is 5. The minimum atomic E-state index is 1.26. The van der Waals surface area contributed by atoms with Crippen molar-refractivity contribution in [2.45, 2.75) is 0 Å². The Morgan fingerprint density at radius 1 is 0.611 bits per heavy atom. The molecule has 0 fully saturated rings. The molecule has 2 aromatic heterocycles.